The van der Waals surface area contributed by atoms with E-state index in [0.717, 1.165) is 41.5 Å². The summed E-state index contributed by atoms with van der Waals surface area (Å²) in [6, 6.07) is 6.23. The minimum Gasteiger partial charge on any atom is -0.496 e. The van der Waals surface area contributed by atoms with Crippen molar-refractivity contribution >= 4 is 23.2 Å². The summed E-state index contributed by atoms with van der Waals surface area (Å²) in [5.41, 5.74) is 3.84. The van der Waals surface area contributed by atoms with E-state index in [4.69, 9.17) is 16.3 Å². The largest absolute Gasteiger partial charge is 0.496 e. The standard InChI is InChI=1S/C19H25ClN4O2/c1-13-5-6-16(11-17(13)26-4)22-7-9-23(10-8-22)18(25)12-24-15(3)19(20)14(2)21-24/h5-6,11H,7-10,12H2,1-4H3. The van der Waals surface area contributed by atoms with Gasteiger partial charge in [0, 0.05) is 37.9 Å². The molecule has 0 radical (unpaired) electrons. The van der Waals surface area contributed by atoms with E-state index in [0.29, 0.717) is 18.1 Å². The zero-order valence-electron chi connectivity index (χ0n) is 15.8. The van der Waals surface area contributed by atoms with Gasteiger partial charge < -0.3 is 14.5 Å². The third-order valence-corrected chi connectivity index (χ3v) is 5.51. The molecule has 0 bridgehead atoms. The summed E-state index contributed by atoms with van der Waals surface area (Å²) in [6.07, 6.45) is 0. The second kappa shape index (κ2) is 7.58. The van der Waals surface area contributed by atoms with Gasteiger partial charge in [-0.15, -0.1) is 0 Å². The van der Waals surface area contributed by atoms with Crippen molar-refractivity contribution in [3.05, 3.63) is 40.2 Å². The van der Waals surface area contributed by atoms with Crippen LogP contribution in [0.15, 0.2) is 18.2 Å². The van der Waals surface area contributed by atoms with Crippen LogP contribution < -0.4 is 9.64 Å². The molecule has 1 aromatic heterocycles. The lowest BCUT2D eigenvalue weighted by Crippen LogP contribution is -2.49. The summed E-state index contributed by atoms with van der Waals surface area (Å²) in [6.45, 7) is 9.00. The summed E-state index contributed by atoms with van der Waals surface area (Å²) in [4.78, 5) is 16.8. The fourth-order valence-corrected chi connectivity index (χ4v) is 3.41. The number of hydrogen-bond donors (Lipinski definition) is 0. The topological polar surface area (TPSA) is 50.6 Å². The maximum atomic E-state index is 12.6. The number of anilines is 1. The highest BCUT2D eigenvalue weighted by molar-refractivity contribution is 6.31. The third-order valence-electron chi connectivity index (χ3n) is 4.97. The Hall–Kier alpha value is -2.21. The Morgan fingerprint density at radius 1 is 1.19 bits per heavy atom. The molecule has 0 aliphatic carbocycles. The Labute approximate surface area is 159 Å². The molecular weight excluding hydrogens is 352 g/mol. The molecule has 2 aromatic rings. The van der Waals surface area contributed by atoms with Gasteiger partial charge in [-0.1, -0.05) is 17.7 Å². The molecule has 0 unspecified atom stereocenters. The molecule has 1 aliphatic rings. The summed E-state index contributed by atoms with van der Waals surface area (Å²) in [5.74, 6) is 0.968. The minimum atomic E-state index is 0.0772. The molecule has 1 aromatic carbocycles. The van der Waals surface area contributed by atoms with Crippen LogP contribution in [-0.2, 0) is 11.3 Å². The van der Waals surface area contributed by atoms with Crippen LogP contribution in [0.25, 0.3) is 0 Å². The summed E-state index contributed by atoms with van der Waals surface area (Å²) >= 11 is 6.17. The van der Waals surface area contributed by atoms with Crippen molar-refractivity contribution in [3.8, 4) is 5.75 Å². The Bertz CT molecular complexity index is 810. The van der Waals surface area contributed by atoms with Gasteiger partial charge in [0.1, 0.15) is 12.3 Å². The van der Waals surface area contributed by atoms with Gasteiger partial charge in [0.2, 0.25) is 5.91 Å². The number of nitrogens with zero attached hydrogens (tertiary/aromatic N) is 4. The Kier molecular flexibility index (Phi) is 5.41. The average molecular weight is 377 g/mol. The van der Waals surface area contributed by atoms with E-state index in [2.05, 4.69) is 28.2 Å². The maximum Gasteiger partial charge on any atom is 0.244 e. The number of piperazine rings is 1. The number of aromatic nitrogens is 2. The van der Waals surface area contributed by atoms with E-state index in [1.54, 1.807) is 11.8 Å². The lowest BCUT2D eigenvalue weighted by molar-refractivity contribution is -0.132. The molecular formula is C19H25ClN4O2. The van der Waals surface area contributed by atoms with Crippen molar-refractivity contribution < 1.29 is 9.53 Å². The van der Waals surface area contributed by atoms with E-state index < -0.39 is 0 Å². The second-order valence-electron chi connectivity index (χ2n) is 6.66. The lowest BCUT2D eigenvalue weighted by Gasteiger charge is -2.36. The Balaban J connectivity index is 1.61. The van der Waals surface area contributed by atoms with Gasteiger partial charge in [-0.2, -0.15) is 5.10 Å². The van der Waals surface area contributed by atoms with Gasteiger partial charge in [-0.3, -0.25) is 9.48 Å². The Morgan fingerprint density at radius 2 is 1.88 bits per heavy atom. The smallest absolute Gasteiger partial charge is 0.244 e. The molecule has 7 heteroatoms. The van der Waals surface area contributed by atoms with E-state index in [1.807, 2.05) is 25.7 Å². The van der Waals surface area contributed by atoms with Crippen LogP contribution in [0.5, 0.6) is 5.75 Å². The predicted octanol–water partition coefficient (Wildman–Crippen LogP) is 2.82. The van der Waals surface area contributed by atoms with Gasteiger partial charge in [-0.25, -0.2) is 0 Å². The van der Waals surface area contributed by atoms with Crippen LogP contribution in [0, 0.1) is 20.8 Å². The number of amides is 1. The maximum absolute atomic E-state index is 12.6. The van der Waals surface area contributed by atoms with E-state index in [9.17, 15) is 4.79 Å². The molecule has 1 aliphatic heterocycles. The van der Waals surface area contributed by atoms with Crippen LogP contribution in [0.3, 0.4) is 0 Å². The first-order chi connectivity index (χ1) is 12.4. The van der Waals surface area contributed by atoms with Gasteiger partial charge in [-0.05, 0) is 32.4 Å². The van der Waals surface area contributed by atoms with E-state index in [1.165, 1.54) is 0 Å². The normalized spacial score (nSPS) is 14.7. The zero-order valence-corrected chi connectivity index (χ0v) is 16.5. The van der Waals surface area contributed by atoms with Crippen LogP contribution in [-0.4, -0.2) is 53.9 Å². The highest BCUT2D eigenvalue weighted by Crippen LogP contribution is 2.26. The van der Waals surface area contributed by atoms with Gasteiger partial charge >= 0.3 is 0 Å². The minimum absolute atomic E-state index is 0.0772. The molecule has 0 spiro atoms. The zero-order chi connectivity index (χ0) is 18.8. The summed E-state index contributed by atoms with van der Waals surface area (Å²) < 4.78 is 7.10. The Morgan fingerprint density at radius 3 is 2.46 bits per heavy atom. The third kappa shape index (κ3) is 3.65. The molecule has 140 valence electrons. The molecule has 2 heterocycles. The van der Waals surface area contributed by atoms with Gasteiger partial charge in [0.05, 0.1) is 23.5 Å². The quantitative estimate of drug-likeness (QED) is 0.823. The van der Waals surface area contributed by atoms with Crippen LogP contribution >= 0.6 is 11.6 Å². The second-order valence-corrected chi connectivity index (χ2v) is 7.04. The summed E-state index contributed by atoms with van der Waals surface area (Å²) in [5, 5.41) is 4.98. The lowest BCUT2D eigenvalue weighted by atomic mass is 10.1. The number of aryl methyl sites for hydroxylation is 2. The molecule has 3 rings (SSSR count). The number of carbonyl (C=O) groups is 1. The average Bonchev–Trinajstić information content (AvgIpc) is 2.89. The van der Waals surface area contributed by atoms with Crippen molar-refractivity contribution in [2.24, 2.45) is 0 Å². The predicted molar refractivity (Wildman–Crippen MR) is 103 cm³/mol. The van der Waals surface area contributed by atoms with E-state index >= 15 is 0 Å². The van der Waals surface area contributed by atoms with Crippen LogP contribution in [0.2, 0.25) is 5.02 Å². The van der Waals surface area contributed by atoms with Crippen molar-refractivity contribution in [3.63, 3.8) is 0 Å². The van der Waals surface area contributed by atoms with Crippen molar-refractivity contribution in [1.82, 2.24) is 14.7 Å². The summed E-state index contributed by atoms with van der Waals surface area (Å²) in [7, 11) is 1.69. The van der Waals surface area contributed by atoms with Crippen molar-refractivity contribution in [2.75, 3.05) is 38.2 Å². The molecule has 1 saturated heterocycles. The number of carbonyl (C=O) groups excluding carboxylic acids is 1. The number of methoxy groups -OCH3 is 1. The fourth-order valence-electron chi connectivity index (χ4n) is 3.28. The van der Waals surface area contributed by atoms with Crippen molar-refractivity contribution in [2.45, 2.75) is 27.3 Å². The first-order valence-corrected chi connectivity index (χ1v) is 9.15. The van der Waals surface area contributed by atoms with Gasteiger partial charge in [0.25, 0.3) is 0 Å². The van der Waals surface area contributed by atoms with Crippen LogP contribution in [0.1, 0.15) is 17.0 Å². The molecule has 6 nitrogen and oxygen atoms in total. The molecule has 0 saturated carbocycles. The molecule has 26 heavy (non-hydrogen) atoms. The highest BCUT2D eigenvalue weighted by Gasteiger charge is 2.23. The monoisotopic (exact) mass is 376 g/mol. The van der Waals surface area contributed by atoms with E-state index in [-0.39, 0.29) is 12.5 Å². The number of hydrogen-bond acceptors (Lipinski definition) is 4. The SMILES string of the molecule is COc1cc(N2CCN(C(=O)Cn3nc(C)c(Cl)c3C)CC2)ccc1C. The molecule has 1 amide bonds. The number of ether oxygens (including phenoxy) is 1. The molecule has 0 N–H and O–H groups in total. The van der Waals surface area contributed by atoms with Crippen LogP contribution in [0.4, 0.5) is 5.69 Å². The number of benzene rings is 1. The molecule has 0 atom stereocenters. The first-order valence-electron chi connectivity index (χ1n) is 8.77. The fraction of sp³-hybridized carbons (Fsp3) is 0.474. The highest BCUT2D eigenvalue weighted by atomic mass is 35.5. The van der Waals surface area contributed by atoms with Crippen molar-refractivity contribution in [1.29, 1.82) is 0 Å². The van der Waals surface area contributed by atoms with Gasteiger partial charge in [0.15, 0.2) is 0 Å². The number of halogens is 1. The first kappa shape index (κ1) is 18.6. The molecule has 1 fully saturated rings. The number of rotatable bonds is 4.